The van der Waals surface area contributed by atoms with E-state index in [1.165, 1.54) is 29.2 Å². The molecule has 3 rings (SSSR count). The number of benzene rings is 2. The van der Waals surface area contributed by atoms with E-state index in [2.05, 4.69) is 0 Å². The van der Waals surface area contributed by atoms with E-state index in [9.17, 15) is 19.1 Å². The number of aliphatic hydroxyl groups is 1. The van der Waals surface area contributed by atoms with E-state index < -0.39 is 23.5 Å². The molecule has 0 aliphatic carbocycles. The molecule has 0 spiro atoms. The first-order chi connectivity index (χ1) is 14.3. The third-order valence-electron chi connectivity index (χ3n) is 4.96. The van der Waals surface area contributed by atoms with Crippen LogP contribution in [0.4, 0.5) is 4.39 Å². The van der Waals surface area contributed by atoms with Gasteiger partial charge in [0, 0.05) is 12.1 Å². The Balaban J connectivity index is 2.12. The second kappa shape index (κ2) is 9.11. The third-order valence-corrected chi connectivity index (χ3v) is 4.96. The summed E-state index contributed by atoms with van der Waals surface area (Å²) in [6.45, 7) is 6.14. The molecule has 1 unspecified atom stereocenters. The molecule has 0 radical (unpaired) electrons. The topological polar surface area (TPSA) is 66.8 Å². The minimum atomic E-state index is -0.771. The highest BCUT2D eigenvalue weighted by Crippen LogP contribution is 2.39. The molecule has 5 nitrogen and oxygen atoms in total. The summed E-state index contributed by atoms with van der Waals surface area (Å²) in [4.78, 5) is 27.1. The molecule has 1 fully saturated rings. The second-order valence-electron chi connectivity index (χ2n) is 7.59. The van der Waals surface area contributed by atoms with Crippen LogP contribution in [0, 0.1) is 5.82 Å². The quantitative estimate of drug-likeness (QED) is 0.402. The molecule has 2 aromatic carbocycles. The summed E-state index contributed by atoms with van der Waals surface area (Å²) in [5.74, 6) is -1.53. The van der Waals surface area contributed by atoms with Gasteiger partial charge in [-0.3, -0.25) is 9.59 Å². The highest BCUT2D eigenvalue weighted by molar-refractivity contribution is 6.46. The van der Waals surface area contributed by atoms with Crippen LogP contribution in [-0.4, -0.2) is 34.3 Å². The first kappa shape index (κ1) is 21.6. The molecule has 1 saturated heterocycles. The van der Waals surface area contributed by atoms with Crippen LogP contribution in [-0.2, 0) is 9.59 Å². The number of rotatable bonds is 7. The number of nitrogens with zero attached hydrogens (tertiary/aromatic N) is 1. The highest BCUT2D eigenvalue weighted by Gasteiger charge is 2.45. The zero-order valence-corrected chi connectivity index (χ0v) is 17.4. The predicted octanol–water partition coefficient (Wildman–Crippen LogP) is 4.83. The lowest BCUT2D eigenvalue weighted by molar-refractivity contribution is -0.139. The van der Waals surface area contributed by atoms with Gasteiger partial charge in [0.2, 0.25) is 0 Å². The van der Waals surface area contributed by atoms with Gasteiger partial charge in [-0.05, 0) is 50.1 Å². The van der Waals surface area contributed by atoms with Gasteiger partial charge in [0.05, 0.1) is 17.7 Å². The number of aliphatic hydroxyl groups excluding tert-OH is 1. The predicted molar refractivity (Wildman–Crippen MR) is 113 cm³/mol. The first-order valence-corrected chi connectivity index (χ1v) is 10.1. The highest BCUT2D eigenvalue weighted by atomic mass is 19.1. The average Bonchev–Trinajstić information content (AvgIpc) is 2.96. The molecule has 30 heavy (non-hydrogen) atoms. The number of ketones is 1. The number of hydrogen-bond acceptors (Lipinski definition) is 4. The molecule has 1 heterocycles. The van der Waals surface area contributed by atoms with Gasteiger partial charge in [-0.15, -0.1) is 0 Å². The molecular weight excluding hydrogens is 385 g/mol. The molecule has 1 N–H and O–H groups in total. The standard InChI is InChI=1S/C24H26FNO4/c1-4-5-13-26-21(16-9-11-18(25)12-10-16)20(23(28)24(26)29)22(27)17-7-6-8-19(14-17)30-15(2)3/h6-12,14-15,21,27H,4-5,13H2,1-3H3/b22-20-. The lowest BCUT2D eigenvalue weighted by atomic mass is 9.95. The second-order valence-corrected chi connectivity index (χ2v) is 7.59. The smallest absolute Gasteiger partial charge is 0.295 e. The monoisotopic (exact) mass is 411 g/mol. The van der Waals surface area contributed by atoms with Gasteiger partial charge in [0.15, 0.2) is 0 Å². The van der Waals surface area contributed by atoms with Crippen LogP contribution in [0.2, 0.25) is 0 Å². The lowest BCUT2D eigenvalue weighted by Crippen LogP contribution is -2.30. The minimum Gasteiger partial charge on any atom is -0.507 e. The molecule has 158 valence electrons. The number of carbonyl (C=O) groups is 2. The lowest BCUT2D eigenvalue weighted by Gasteiger charge is -2.25. The summed E-state index contributed by atoms with van der Waals surface area (Å²) in [7, 11) is 0. The number of carbonyl (C=O) groups excluding carboxylic acids is 2. The Bertz CT molecular complexity index is 965. The van der Waals surface area contributed by atoms with E-state index in [4.69, 9.17) is 4.74 Å². The van der Waals surface area contributed by atoms with Gasteiger partial charge in [-0.2, -0.15) is 0 Å². The number of amides is 1. The minimum absolute atomic E-state index is 0.00408. The molecule has 1 amide bonds. The fourth-order valence-corrected chi connectivity index (χ4v) is 3.58. The van der Waals surface area contributed by atoms with Crippen molar-refractivity contribution in [1.82, 2.24) is 4.90 Å². The van der Waals surface area contributed by atoms with Crippen molar-refractivity contribution in [3.05, 3.63) is 71.0 Å². The Kier molecular flexibility index (Phi) is 6.55. The van der Waals surface area contributed by atoms with Gasteiger partial charge >= 0.3 is 0 Å². The zero-order valence-electron chi connectivity index (χ0n) is 17.4. The van der Waals surface area contributed by atoms with Crippen molar-refractivity contribution in [2.24, 2.45) is 0 Å². The number of likely N-dealkylation sites (tertiary alicyclic amines) is 1. The summed E-state index contributed by atoms with van der Waals surface area (Å²) in [6.07, 6.45) is 1.50. The molecule has 2 aromatic rings. The maximum Gasteiger partial charge on any atom is 0.295 e. The maximum absolute atomic E-state index is 13.5. The van der Waals surface area contributed by atoms with Crippen LogP contribution in [0.1, 0.15) is 50.8 Å². The van der Waals surface area contributed by atoms with Crippen LogP contribution in [0.15, 0.2) is 54.1 Å². The van der Waals surface area contributed by atoms with Crippen LogP contribution in [0.5, 0.6) is 5.75 Å². The molecule has 1 aliphatic rings. The number of ether oxygens (including phenoxy) is 1. The largest absolute Gasteiger partial charge is 0.507 e. The van der Waals surface area contributed by atoms with E-state index in [0.29, 0.717) is 29.8 Å². The van der Waals surface area contributed by atoms with Gasteiger partial charge in [0.25, 0.3) is 11.7 Å². The summed E-state index contributed by atoms with van der Waals surface area (Å²) >= 11 is 0. The summed E-state index contributed by atoms with van der Waals surface area (Å²) < 4.78 is 19.2. The van der Waals surface area contributed by atoms with Gasteiger partial charge in [-0.1, -0.05) is 37.6 Å². The van der Waals surface area contributed by atoms with Gasteiger partial charge < -0.3 is 14.7 Å². The molecule has 1 aliphatic heterocycles. The molecule has 0 aromatic heterocycles. The van der Waals surface area contributed by atoms with E-state index in [-0.39, 0.29) is 17.4 Å². The van der Waals surface area contributed by atoms with E-state index in [0.717, 1.165) is 6.42 Å². The molecule has 0 saturated carbocycles. The molecule has 6 heteroatoms. The van der Waals surface area contributed by atoms with Crippen LogP contribution >= 0.6 is 0 Å². The Morgan fingerprint density at radius 3 is 2.50 bits per heavy atom. The van der Waals surface area contributed by atoms with Gasteiger partial charge in [-0.25, -0.2) is 4.39 Å². The van der Waals surface area contributed by atoms with Crippen molar-refractivity contribution in [2.75, 3.05) is 6.54 Å². The Labute approximate surface area is 175 Å². The SMILES string of the molecule is CCCCN1C(=O)C(=O)/C(=C(\O)c2cccc(OC(C)C)c2)C1c1ccc(F)cc1. The van der Waals surface area contributed by atoms with Crippen molar-refractivity contribution in [2.45, 2.75) is 45.8 Å². The average molecular weight is 411 g/mol. The Morgan fingerprint density at radius 2 is 1.87 bits per heavy atom. The fraction of sp³-hybridized carbons (Fsp3) is 0.333. The van der Waals surface area contributed by atoms with Crippen molar-refractivity contribution in [1.29, 1.82) is 0 Å². The van der Waals surface area contributed by atoms with Crippen molar-refractivity contribution in [3.8, 4) is 5.75 Å². The number of unbranched alkanes of at least 4 members (excludes halogenated alkanes) is 1. The van der Waals surface area contributed by atoms with Crippen LogP contribution in [0.3, 0.4) is 0 Å². The number of Topliss-reactive ketones (excluding diaryl/α,β-unsaturated/α-hetero) is 1. The molecule has 1 atom stereocenters. The summed E-state index contributed by atoms with van der Waals surface area (Å²) in [6, 6.07) is 11.6. The number of hydrogen-bond donors (Lipinski definition) is 1. The van der Waals surface area contributed by atoms with Crippen LogP contribution < -0.4 is 4.74 Å². The molecular formula is C24H26FNO4. The maximum atomic E-state index is 13.5. The van der Waals surface area contributed by atoms with Gasteiger partial charge in [0.1, 0.15) is 17.3 Å². The van der Waals surface area contributed by atoms with E-state index >= 15 is 0 Å². The normalized spacial score (nSPS) is 18.3. The fourth-order valence-electron chi connectivity index (χ4n) is 3.58. The Morgan fingerprint density at radius 1 is 1.17 bits per heavy atom. The summed E-state index contributed by atoms with van der Waals surface area (Å²) in [5.41, 5.74) is 0.959. The first-order valence-electron chi connectivity index (χ1n) is 10.1. The van der Waals surface area contributed by atoms with E-state index in [1.54, 1.807) is 24.3 Å². The Hall–Kier alpha value is -3.15. The van der Waals surface area contributed by atoms with Crippen LogP contribution in [0.25, 0.3) is 5.76 Å². The van der Waals surface area contributed by atoms with Crippen molar-refractivity contribution in [3.63, 3.8) is 0 Å². The summed E-state index contributed by atoms with van der Waals surface area (Å²) in [5, 5.41) is 11.0. The van der Waals surface area contributed by atoms with Crippen molar-refractivity contribution >= 4 is 17.4 Å². The number of halogens is 1. The zero-order chi connectivity index (χ0) is 21.8. The van der Waals surface area contributed by atoms with E-state index in [1.807, 2.05) is 20.8 Å². The molecule has 0 bridgehead atoms. The van der Waals surface area contributed by atoms with Crippen molar-refractivity contribution < 1.29 is 23.8 Å². The third kappa shape index (κ3) is 4.37.